The topological polar surface area (TPSA) is 57.1 Å². The number of esters is 1. The zero-order valence-corrected chi connectivity index (χ0v) is 24.7. The fraction of sp³-hybridized carbons (Fsp3) is 0.297. The summed E-state index contributed by atoms with van der Waals surface area (Å²) in [5, 5.41) is 0. The number of benzene rings is 4. The second kappa shape index (κ2) is 16.8. The van der Waals surface area contributed by atoms with Crippen LogP contribution in [0.4, 0.5) is 5.69 Å². The van der Waals surface area contributed by atoms with Gasteiger partial charge in [-0.05, 0) is 109 Å². The molecule has 218 valence electrons. The molecule has 4 aromatic carbocycles. The number of carbonyl (C=O) groups excluding carboxylic acids is 1. The van der Waals surface area contributed by atoms with Gasteiger partial charge in [0, 0.05) is 6.21 Å². The van der Waals surface area contributed by atoms with Gasteiger partial charge in [0.25, 0.3) is 0 Å². The molecule has 1 unspecified atom stereocenters. The summed E-state index contributed by atoms with van der Waals surface area (Å²) >= 11 is 0. The maximum atomic E-state index is 12.2. The zero-order chi connectivity index (χ0) is 29.4. The van der Waals surface area contributed by atoms with Gasteiger partial charge in [-0.3, -0.25) is 4.99 Å². The number of para-hydroxylation sites is 1. The summed E-state index contributed by atoms with van der Waals surface area (Å²) in [6.45, 7) is 6.02. The van der Waals surface area contributed by atoms with Crippen LogP contribution < -0.4 is 9.47 Å². The van der Waals surface area contributed by atoms with Crippen molar-refractivity contribution in [2.45, 2.75) is 46.0 Å². The summed E-state index contributed by atoms with van der Waals surface area (Å²) in [5.41, 5.74) is 4.70. The van der Waals surface area contributed by atoms with Gasteiger partial charge in [-0.15, -0.1) is 0 Å². The van der Waals surface area contributed by atoms with Gasteiger partial charge in [0.1, 0.15) is 11.5 Å². The molecule has 0 aromatic heterocycles. The minimum atomic E-state index is -0.269. The predicted molar refractivity (Wildman–Crippen MR) is 171 cm³/mol. The molecule has 0 bridgehead atoms. The Morgan fingerprint density at radius 2 is 1.26 bits per heavy atom. The van der Waals surface area contributed by atoms with Crippen LogP contribution in [0.15, 0.2) is 108 Å². The molecule has 0 heterocycles. The lowest BCUT2D eigenvalue weighted by Crippen LogP contribution is -2.11. The average Bonchev–Trinajstić information content (AvgIpc) is 3.05. The van der Waals surface area contributed by atoms with Crippen molar-refractivity contribution in [1.82, 2.24) is 0 Å². The Hall–Kier alpha value is -4.38. The Morgan fingerprint density at radius 3 is 1.83 bits per heavy atom. The van der Waals surface area contributed by atoms with Gasteiger partial charge in [0.05, 0.1) is 31.1 Å². The Kier molecular flexibility index (Phi) is 12.2. The van der Waals surface area contributed by atoms with E-state index in [0.717, 1.165) is 66.0 Å². The van der Waals surface area contributed by atoms with Crippen molar-refractivity contribution in [2.24, 2.45) is 10.9 Å². The molecule has 0 aliphatic heterocycles. The molecule has 4 aromatic rings. The minimum Gasteiger partial charge on any atom is -0.494 e. The molecule has 0 aliphatic rings. The third kappa shape index (κ3) is 10.2. The Morgan fingerprint density at radius 1 is 0.714 bits per heavy atom. The van der Waals surface area contributed by atoms with Crippen LogP contribution in [0.1, 0.15) is 61.9 Å². The first kappa shape index (κ1) is 30.6. The molecule has 0 amide bonds. The number of aliphatic imine (C=N–C) groups is 1. The van der Waals surface area contributed by atoms with E-state index in [4.69, 9.17) is 14.2 Å². The molecule has 42 heavy (non-hydrogen) atoms. The lowest BCUT2D eigenvalue weighted by molar-refractivity contribution is 0.0447. The molecule has 0 saturated carbocycles. The van der Waals surface area contributed by atoms with Crippen LogP contribution in [0.2, 0.25) is 0 Å². The van der Waals surface area contributed by atoms with E-state index in [1.165, 1.54) is 0 Å². The standard InChI is InChI=1S/C37H41NO4/c1-3-29(2)28-42-37(39)33-17-15-31(16-18-33)32-19-23-36(24-20-32)41-26-10-5-4-9-25-40-35-21-13-30(14-22-35)27-38-34-11-7-6-8-12-34/h6-8,11-24,27,29H,3-5,9-10,25-26,28H2,1-2H3. The van der Waals surface area contributed by atoms with Gasteiger partial charge in [-0.2, -0.15) is 0 Å². The van der Waals surface area contributed by atoms with E-state index in [0.29, 0.717) is 31.3 Å². The van der Waals surface area contributed by atoms with Crippen molar-refractivity contribution in [3.05, 3.63) is 114 Å². The quantitative estimate of drug-likeness (QED) is 0.0774. The average molecular weight is 564 g/mol. The number of rotatable bonds is 16. The van der Waals surface area contributed by atoms with Gasteiger partial charge in [-0.25, -0.2) is 4.79 Å². The van der Waals surface area contributed by atoms with Gasteiger partial charge in [0.15, 0.2) is 0 Å². The molecule has 1 atom stereocenters. The smallest absolute Gasteiger partial charge is 0.338 e. The maximum Gasteiger partial charge on any atom is 0.338 e. The molecular weight excluding hydrogens is 522 g/mol. The summed E-state index contributed by atoms with van der Waals surface area (Å²) in [7, 11) is 0. The Balaban J connectivity index is 1.08. The first-order chi connectivity index (χ1) is 20.6. The van der Waals surface area contributed by atoms with Crippen molar-refractivity contribution in [2.75, 3.05) is 19.8 Å². The lowest BCUT2D eigenvalue weighted by Gasteiger charge is -2.10. The SMILES string of the molecule is CCC(C)COC(=O)c1ccc(-c2ccc(OCCCCCCOc3ccc(C=Nc4ccccc4)cc3)cc2)cc1. The zero-order valence-electron chi connectivity index (χ0n) is 24.7. The lowest BCUT2D eigenvalue weighted by atomic mass is 10.0. The van der Waals surface area contributed by atoms with E-state index in [1.807, 2.05) is 109 Å². The van der Waals surface area contributed by atoms with E-state index in [1.54, 1.807) is 0 Å². The van der Waals surface area contributed by atoms with Crippen LogP contribution in [0.3, 0.4) is 0 Å². The summed E-state index contributed by atoms with van der Waals surface area (Å²) in [6.07, 6.45) is 7.08. The second-order valence-electron chi connectivity index (χ2n) is 10.5. The predicted octanol–water partition coefficient (Wildman–Crippen LogP) is 9.33. The van der Waals surface area contributed by atoms with Crippen LogP contribution in [-0.4, -0.2) is 32.0 Å². The van der Waals surface area contributed by atoms with Gasteiger partial charge < -0.3 is 14.2 Å². The highest BCUT2D eigenvalue weighted by atomic mass is 16.5. The van der Waals surface area contributed by atoms with E-state index in [2.05, 4.69) is 18.8 Å². The number of unbranched alkanes of at least 4 members (excludes halogenated alkanes) is 3. The molecule has 0 radical (unpaired) electrons. The summed E-state index contributed by atoms with van der Waals surface area (Å²) < 4.78 is 17.2. The third-order valence-electron chi connectivity index (χ3n) is 7.08. The van der Waals surface area contributed by atoms with Gasteiger partial charge >= 0.3 is 5.97 Å². The van der Waals surface area contributed by atoms with E-state index in [-0.39, 0.29) is 5.97 Å². The molecule has 5 heteroatoms. The van der Waals surface area contributed by atoms with Crippen LogP contribution in [-0.2, 0) is 4.74 Å². The molecule has 4 rings (SSSR count). The molecule has 5 nitrogen and oxygen atoms in total. The molecule has 0 aliphatic carbocycles. The molecule has 0 fully saturated rings. The van der Waals surface area contributed by atoms with Crippen LogP contribution >= 0.6 is 0 Å². The van der Waals surface area contributed by atoms with Gasteiger partial charge in [0.2, 0.25) is 0 Å². The number of hydrogen-bond donors (Lipinski definition) is 0. The first-order valence-electron chi connectivity index (χ1n) is 14.9. The number of carbonyl (C=O) groups is 1. The molecule has 0 saturated heterocycles. The highest BCUT2D eigenvalue weighted by Gasteiger charge is 2.09. The number of nitrogens with zero attached hydrogens (tertiary/aromatic N) is 1. The van der Waals surface area contributed by atoms with E-state index >= 15 is 0 Å². The van der Waals surface area contributed by atoms with E-state index < -0.39 is 0 Å². The van der Waals surface area contributed by atoms with Crippen LogP contribution in [0.5, 0.6) is 11.5 Å². The monoisotopic (exact) mass is 563 g/mol. The largest absolute Gasteiger partial charge is 0.494 e. The van der Waals surface area contributed by atoms with Crippen molar-refractivity contribution in [3.63, 3.8) is 0 Å². The van der Waals surface area contributed by atoms with E-state index in [9.17, 15) is 4.79 Å². The Bertz CT molecular complexity index is 1360. The Labute approximate surface area is 250 Å². The van der Waals surface area contributed by atoms with Crippen LogP contribution in [0, 0.1) is 5.92 Å². The minimum absolute atomic E-state index is 0.269. The summed E-state index contributed by atoms with van der Waals surface area (Å²) in [5.74, 6) is 1.85. The maximum absolute atomic E-state index is 12.2. The fourth-order valence-electron chi connectivity index (χ4n) is 4.21. The number of hydrogen-bond acceptors (Lipinski definition) is 5. The van der Waals surface area contributed by atoms with Crippen LogP contribution in [0.25, 0.3) is 11.1 Å². The van der Waals surface area contributed by atoms with Crippen molar-refractivity contribution in [3.8, 4) is 22.6 Å². The number of ether oxygens (including phenoxy) is 3. The third-order valence-corrected chi connectivity index (χ3v) is 7.08. The first-order valence-corrected chi connectivity index (χ1v) is 14.9. The highest BCUT2D eigenvalue weighted by Crippen LogP contribution is 2.23. The molecular formula is C37H41NO4. The van der Waals surface area contributed by atoms with Crippen molar-refractivity contribution < 1.29 is 19.0 Å². The normalized spacial score (nSPS) is 11.8. The fourth-order valence-corrected chi connectivity index (χ4v) is 4.21. The van der Waals surface area contributed by atoms with Crippen molar-refractivity contribution >= 4 is 17.9 Å². The summed E-state index contributed by atoms with van der Waals surface area (Å²) in [4.78, 5) is 16.7. The van der Waals surface area contributed by atoms with Gasteiger partial charge in [-0.1, -0.05) is 62.7 Å². The molecule has 0 spiro atoms. The summed E-state index contributed by atoms with van der Waals surface area (Å²) in [6, 6.07) is 33.6. The highest BCUT2D eigenvalue weighted by molar-refractivity contribution is 5.90. The molecule has 0 N–H and O–H groups in total. The second-order valence-corrected chi connectivity index (χ2v) is 10.5. The van der Waals surface area contributed by atoms with Crippen molar-refractivity contribution in [1.29, 1.82) is 0 Å².